The van der Waals surface area contributed by atoms with Crippen molar-refractivity contribution in [2.45, 2.75) is 69.6 Å². The maximum absolute atomic E-state index is 13.0. The summed E-state index contributed by atoms with van der Waals surface area (Å²) in [6.07, 6.45) is 8.60. The molecule has 2 aliphatic rings. The molecule has 0 unspecified atom stereocenters. The average Bonchev–Trinajstić information content (AvgIpc) is 3.23. The van der Waals surface area contributed by atoms with Crippen LogP contribution in [0.15, 0.2) is 34.1 Å². The summed E-state index contributed by atoms with van der Waals surface area (Å²) in [4.78, 5) is 26.1. The van der Waals surface area contributed by atoms with E-state index in [1.165, 1.54) is 23.8 Å². The Kier molecular flexibility index (Phi) is 6.45. The van der Waals surface area contributed by atoms with Crippen molar-refractivity contribution in [1.29, 1.82) is 0 Å². The van der Waals surface area contributed by atoms with Crippen molar-refractivity contribution in [3.05, 3.63) is 40.3 Å². The molecular weight excluding hydrogens is 388 g/mol. The first-order valence-electron chi connectivity index (χ1n) is 10.5. The van der Waals surface area contributed by atoms with E-state index in [2.05, 4.69) is 10.4 Å². The van der Waals surface area contributed by atoms with Crippen LogP contribution in [-0.2, 0) is 16.2 Å². The molecule has 0 spiro atoms. The van der Waals surface area contributed by atoms with E-state index in [9.17, 15) is 9.59 Å². The Morgan fingerprint density at radius 1 is 1.14 bits per heavy atom. The van der Waals surface area contributed by atoms with Gasteiger partial charge in [-0.2, -0.15) is 0 Å². The number of fused-ring (bicyclic) bond motifs is 1. The van der Waals surface area contributed by atoms with Crippen molar-refractivity contribution in [3.8, 4) is 0 Å². The molecule has 0 N–H and O–H groups in total. The number of rotatable bonds is 5. The molecule has 2 aromatic rings. The van der Waals surface area contributed by atoms with Crippen molar-refractivity contribution in [3.63, 3.8) is 0 Å². The van der Waals surface area contributed by atoms with Crippen LogP contribution in [0.5, 0.6) is 0 Å². The van der Waals surface area contributed by atoms with Crippen molar-refractivity contribution < 1.29 is 14.3 Å². The second kappa shape index (κ2) is 9.22. The number of pyridine rings is 1. The monoisotopic (exact) mass is 416 g/mol. The number of aromatic nitrogens is 1. The smallest absolute Gasteiger partial charge is 0.431 e. The van der Waals surface area contributed by atoms with Crippen LogP contribution in [-0.4, -0.2) is 34.2 Å². The molecule has 6 nitrogen and oxygen atoms in total. The van der Waals surface area contributed by atoms with Gasteiger partial charge in [0, 0.05) is 35.0 Å². The molecule has 1 saturated heterocycles. The van der Waals surface area contributed by atoms with Crippen molar-refractivity contribution in [2.24, 2.45) is 0 Å². The van der Waals surface area contributed by atoms with E-state index in [4.69, 9.17) is 9.47 Å². The lowest BCUT2D eigenvalue weighted by molar-refractivity contribution is -0.00415. The normalized spacial score (nSPS) is 18.2. The van der Waals surface area contributed by atoms with Crippen LogP contribution >= 0.6 is 11.9 Å². The minimum Gasteiger partial charge on any atom is -0.431 e. The molecule has 0 bridgehead atoms. The highest BCUT2D eigenvalue weighted by Crippen LogP contribution is 2.33. The fourth-order valence-electron chi connectivity index (χ4n) is 4.19. The molecule has 1 aliphatic carbocycles. The Balaban J connectivity index is 1.49. The number of benzene rings is 1. The van der Waals surface area contributed by atoms with Gasteiger partial charge in [0.2, 0.25) is 0 Å². The summed E-state index contributed by atoms with van der Waals surface area (Å²) >= 11 is 1.73. The fraction of sp³-hybridized carbons (Fsp3) is 0.545. The second-order valence-corrected chi connectivity index (χ2v) is 9.03. The van der Waals surface area contributed by atoms with Crippen molar-refractivity contribution in [1.82, 2.24) is 8.87 Å². The molecule has 0 radical (unpaired) electrons. The van der Waals surface area contributed by atoms with Gasteiger partial charge in [-0.3, -0.25) is 9.36 Å². The van der Waals surface area contributed by atoms with E-state index >= 15 is 0 Å². The van der Waals surface area contributed by atoms with E-state index in [1.807, 2.05) is 19.1 Å². The maximum atomic E-state index is 13.0. The first-order valence-corrected chi connectivity index (χ1v) is 11.3. The van der Waals surface area contributed by atoms with Crippen LogP contribution in [0, 0.1) is 6.92 Å². The van der Waals surface area contributed by atoms with Crippen LogP contribution in [0.1, 0.15) is 50.5 Å². The summed E-state index contributed by atoms with van der Waals surface area (Å²) in [7, 11) is 0. The number of hydrogen-bond acceptors (Lipinski definition) is 6. The number of hydrogen-bond donors (Lipinski definition) is 0. The largest absolute Gasteiger partial charge is 0.510 e. The van der Waals surface area contributed by atoms with Gasteiger partial charge in [0.15, 0.2) is 6.73 Å². The zero-order valence-electron chi connectivity index (χ0n) is 16.9. The molecule has 1 saturated carbocycles. The summed E-state index contributed by atoms with van der Waals surface area (Å²) in [5.74, 6) is 0. The highest BCUT2D eigenvalue weighted by molar-refractivity contribution is 7.97. The Bertz CT molecular complexity index is 930. The summed E-state index contributed by atoms with van der Waals surface area (Å²) < 4.78 is 14.4. The third-order valence-corrected chi connectivity index (χ3v) is 6.85. The first kappa shape index (κ1) is 20.3. The maximum Gasteiger partial charge on any atom is 0.510 e. The van der Waals surface area contributed by atoms with Gasteiger partial charge in [-0.1, -0.05) is 12.5 Å². The molecular formula is C22H28N2O4S. The first-order chi connectivity index (χ1) is 14.1. The summed E-state index contributed by atoms with van der Waals surface area (Å²) in [6.45, 7) is 4.01. The van der Waals surface area contributed by atoms with Gasteiger partial charge in [0.1, 0.15) is 6.10 Å². The van der Waals surface area contributed by atoms with Gasteiger partial charge in [0.05, 0.1) is 0 Å². The van der Waals surface area contributed by atoms with Crippen molar-refractivity contribution in [2.75, 3.05) is 13.1 Å². The standard InChI is InChI=1S/C22H28N2O4S/c1-16-14-23(15-27-22(26)28-17-8-3-2-4-9-17)21(25)18-10-7-11-19(20(16)18)29-24-12-5-6-13-24/h7,10-11,14,17H,2-6,8-9,12-13,15H2,1H3. The van der Waals surface area contributed by atoms with E-state index < -0.39 is 6.16 Å². The van der Waals surface area contributed by atoms with Gasteiger partial charge < -0.3 is 9.47 Å². The Morgan fingerprint density at radius 2 is 1.90 bits per heavy atom. The molecule has 4 rings (SSSR count). The molecule has 29 heavy (non-hydrogen) atoms. The minimum atomic E-state index is -0.695. The summed E-state index contributed by atoms with van der Waals surface area (Å²) in [6, 6.07) is 5.83. The number of aryl methyl sites for hydroxylation is 1. The molecule has 0 atom stereocenters. The lowest BCUT2D eigenvalue weighted by Gasteiger charge is -2.21. The average molecular weight is 417 g/mol. The zero-order chi connectivity index (χ0) is 20.2. The van der Waals surface area contributed by atoms with E-state index in [0.29, 0.717) is 5.39 Å². The predicted octanol–water partition coefficient (Wildman–Crippen LogP) is 4.86. The highest BCUT2D eigenvalue weighted by Gasteiger charge is 2.20. The van der Waals surface area contributed by atoms with Gasteiger partial charge >= 0.3 is 6.16 Å². The summed E-state index contributed by atoms with van der Waals surface area (Å²) in [5, 5.41) is 1.63. The Morgan fingerprint density at radius 3 is 2.66 bits per heavy atom. The van der Waals surface area contributed by atoms with Crippen LogP contribution in [0.2, 0.25) is 0 Å². The van der Waals surface area contributed by atoms with Crippen LogP contribution in [0.4, 0.5) is 4.79 Å². The quantitative estimate of drug-likeness (QED) is 0.513. The molecule has 1 aromatic heterocycles. The van der Waals surface area contributed by atoms with Gasteiger partial charge in [-0.25, -0.2) is 9.10 Å². The lowest BCUT2D eigenvalue weighted by Crippen LogP contribution is -2.26. The molecule has 1 aromatic carbocycles. The number of ether oxygens (including phenoxy) is 2. The third kappa shape index (κ3) is 4.78. The Hall–Kier alpha value is -1.99. The Labute approximate surface area is 175 Å². The molecule has 0 amide bonds. The zero-order valence-corrected chi connectivity index (χ0v) is 17.7. The van der Waals surface area contributed by atoms with Gasteiger partial charge in [0.25, 0.3) is 5.56 Å². The fourth-order valence-corrected chi connectivity index (χ4v) is 5.41. The molecule has 2 heterocycles. The van der Waals surface area contributed by atoms with Gasteiger partial charge in [-0.05, 0) is 75.1 Å². The SMILES string of the molecule is Cc1cn(COC(=O)OC2CCCCC2)c(=O)c2cccc(SN3CCCC3)c12. The van der Waals surface area contributed by atoms with Crippen LogP contribution in [0.25, 0.3) is 10.8 Å². The van der Waals surface area contributed by atoms with Crippen LogP contribution < -0.4 is 5.56 Å². The minimum absolute atomic E-state index is 0.0588. The number of nitrogens with zero attached hydrogens (tertiary/aromatic N) is 2. The van der Waals surface area contributed by atoms with E-state index in [-0.39, 0.29) is 18.4 Å². The highest BCUT2D eigenvalue weighted by atomic mass is 32.2. The lowest BCUT2D eigenvalue weighted by atomic mass is 9.98. The third-order valence-electron chi connectivity index (χ3n) is 5.69. The van der Waals surface area contributed by atoms with Gasteiger partial charge in [-0.15, -0.1) is 0 Å². The van der Waals surface area contributed by atoms with E-state index in [1.54, 1.807) is 18.1 Å². The predicted molar refractivity (Wildman–Crippen MR) is 114 cm³/mol. The number of carbonyl (C=O) groups is 1. The molecule has 7 heteroatoms. The van der Waals surface area contributed by atoms with Crippen molar-refractivity contribution >= 4 is 28.9 Å². The summed E-state index contributed by atoms with van der Waals surface area (Å²) in [5.41, 5.74) is 0.839. The molecule has 156 valence electrons. The second-order valence-electron chi connectivity index (χ2n) is 7.89. The molecule has 2 fully saturated rings. The van der Waals surface area contributed by atoms with E-state index in [0.717, 1.165) is 54.6 Å². The topological polar surface area (TPSA) is 60.8 Å². The van der Waals surface area contributed by atoms with Crippen LogP contribution in [0.3, 0.4) is 0 Å². The molecule has 1 aliphatic heterocycles. The number of carbonyl (C=O) groups excluding carboxylic acids is 1.